The zero-order valence-corrected chi connectivity index (χ0v) is 15.4. The van der Waals surface area contributed by atoms with E-state index in [2.05, 4.69) is 10.1 Å². The number of carbonyl (C=O) groups is 1. The number of halogens is 1. The van der Waals surface area contributed by atoms with Crippen LogP contribution in [-0.2, 0) is 17.4 Å². The minimum Gasteiger partial charge on any atom is -0.382 e. The molecule has 0 aliphatic carbocycles. The maximum atomic E-state index is 12.9. The van der Waals surface area contributed by atoms with Crippen LogP contribution in [0.25, 0.3) is 0 Å². The van der Waals surface area contributed by atoms with E-state index < -0.39 is 5.60 Å². The second-order valence-corrected chi connectivity index (χ2v) is 6.89. The van der Waals surface area contributed by atoms with Crippen molar-refractivity contribution in [2.45, 2.75) is 25.4 Å². The molecule has 2 N–H and O–H groups in total. The fraction of sp³-hybridized carbons (Fsp3) is 0.471. The Morgan fingerprint density at radius 2 is 2.24 bits per heavy atom. The molecule has 1 aliphatic rings. The summed E-state index contributed by atoms with van der Waals surface area (Å²) in [5.74, 6) is 0.0974. The third-order valence-electron chi connectivity index (χ3n) is 4.70. The van der Waals surface area contributed by atoms with Crippen molar-refractivity contribution in [3.8, 4) is 0 Å². The van der Waals surface area contributed by atoms with Crippen LogP contribution in [0, 0.1) is 6.92 Å². The summed E-state index contributed by atoms with van der Waals surface area (Å²) in [4.78, 5) is 19.2. The molecule has 3 rings (SSSR count). The summed E-state index contributed by atoms with van der Waals surface area (Å²) in [6.07, 6.45) is 4.85. The fourth-order valence-corrected chi connectivity index (χ4v) is 3.72. The maximum absolute atomic E-state index is 12.9. The van der Waals surface area contributed by atoms with Gasteiger partial charge in [0.05, 0.1) is 17.3 Å². The Bertz CT molecular complexity index is 806. The molecule has 2 aromatic heterocycles. The number of ether oxygens (including phenoxy) is 1. The lowest BCUT2D eigenvalue weighted by Gasteiger charge is -2.42. The molecule has 1 saturated heterocycles. The SMILES string of the molecule is COC1(c2ncc(Cl)cc2C)CCCN(C(=O)c2cn(C)nc2N)C1. The lowest BCUT2D eigenvalue weighted by atomic mass is 9.86. The number of hydrogen-bond donors (Lipinski definition) is 1. The summed E-state index contributed by atoms with van der Waals surface area (Å²) in [5, 5.41) is 4.64. The molecule has 0 bridgehead atoms. The largest absolute Gasteiger partial charge is 0.382 e. The molecule has 0 saturated carbocycles. The van der Waals surface area contributed by atoms with Gasteiger partial charge >= 0.3 is 0 Å². The van der Waals surface area contributed by atoms with Crippen LogP contribution in [0.3, 0.4) is 0 Å². The third kappa shape index (κ3) is 3.21. The molecule has 0 radical (unpaired) electrons. The Hall–Kier alpha value is -2.12. The normalized spacial score (nSPS) is 20.7. The summed E-state index contributed by atoms with van der Waals surface area (Å²) in [6.45, 7) is 3.01. The number of carbonyl (C=O) groups excluding carboxylic acids is 1. The first-order chi connectivity index (χ1) is 11.9. The lowest BCUT2D eigenvalue weighted by molar-refractivity contribution is -0.0660. The average Bonchev–Trinajstić information content (AvgIpc) is 2.92. The quantitative estimate of drug-likeness (QED) is 0.902. The lowest BCUT2D eigenvalue weighted by Crippen LogP contribution is -2.50. The van der Waals surface area contributed by atoms with Crippen LogP contribution in [0.5, 0.6) is 0 Å². The molecular formula is C17H22ClN5O2. The van der Waals surface area contributed by atoms with Gasteiger partial charge in [-0.25, -0.2) is 0 Å². The number of nitrogen functional groups attached to an aromatic ring is 1. The average molecular weight is 364 g/mol. The van der Waals surface area contributed by atoms with Gasteiger partial charge in [0.25, 0.3) is 5.91 Å². The Morgan fingerprint density at radius 3 is 2.84 bits per heavy atom. The highest BCUT2D eigenvalue weighted by Crippen LogP contribution is 2.36. The van der Waals surface area contributed by atoms with Gasteiger partial charge in [-0.15, -0.1) is 0 Å². The summed E-state index contributed by atoms with van der Waals surface area (Å²) in [5.41, 5.74) is 7.39. The highest BCUT2D eigenvalue weighted by Gasteiger charge is 2.41. The van der Waals surface area contributed by atoms with E-state index in [-0.39, 0.29) is 11.7 Å². The van der Waals surface area contributed by atoms with E-state index in [4.69, 9.17) is 22.1 Å². The number of rotatable bonds is 3. The predicted molar refractivity (Wildman–Crippen MR) is 95.4 cm³/mol. The zero-order chi connectivity index (χ0) is 18.2. The molecule has 1 atom stereocenters. The molecule has 0 spiro atoms. The first kappa shape index (κ1) is 17.7. The summed E-state index contributed by atoms with van der Waals surface area (Å²) in [7, 11) is 3.39. The minimum atomic E-state index is -0.653. The van der Waals surface area contributed by atoms with Gasteiger partial charge < -0.3 is 15.4 Å². The monoisotopic (exact) mass is 363 g/mol. The van der Waals surface area contributed by atoms with Gasteiger partial charge in [-0.05, 0) is 31.4 Å². The van der Waals surface area contributed by atoms with E-state index in [9.17, 15) is 4.79 Å². The fourth-order valence-electron chi connectivity index (χ4n) is 3.51. The third-order valence-corrected chi connectivity index (χ3v) is 4.90. The molecule has 1 amide bonds. The molecule has 134 valence electrons. The molecule has 3 heterocycles. The van der Waals surface area contributed by atoms with Gasteiger partial charge in [0.2, 0.25) is 0 Å². The van der Waals surface area contributed by atoms with Crippen molar-refractivity contribution in [1.29, 1.82) is 0 Å². The van der Waals surface area contributed by atoms with Gasteiger partial charge in [-0.1, -0.05) is 11.6 Å². The van der Waals surface area contributed by atoms with E-state index in [1.807, 2.05) is 13.0 Å². The van der Waals surface area contributed by atoms with Crippen molar-refractivity contribution in [3.05, 3.63) is 40.3 Å². The Kier molecular flexibility index (Phi) is 4.71. The van der Waals surface area contributed by atoms with Crippen molar-refractivity contribution in [3.63, 3.8) is 0 Å². The number of hydrogen-bond acceptors (Lipinski definition) is 5. The molecule has 2 aromatic rings. The van der Waals surface area contributed by atoms with E-state index >= 15 is 0 Å². The second-order valence-electron chi connectivity index (χ2n) is 6.45. The van der Waals surface area contributed by atoms with E-state index in [0.29, 0.717) is 23.7 Å². The van der Waals surface area contributed by atoms with Crippen LogP contribution < -0.4 is 5.73 Å². The number of nitrogens with two attached hydrogens (primary N) is 1. The van der Waals surface area contributed by atoms with E-state index in [1.54, 1.807) is 36.1 Å². The van der Waals surface area contributed by atoms with Crippen LogP contribution in [0.2, 0.25) is 5.02 Å². The minimum absolute atomic E-state index is 0.140. The van der Waals surface area contributed by atoms with Gasteiger partial charge in [0, 0.05) is 33.1 Å². The summed E-state index contributed by atoms with van der Waals surface area (Å²) in [6, 6.07) is 1.87. The Labute approximate surface area is 151 Å². The van der Waals surface area contributed by atoms with Crippen molar-refractivity contribution >= 4 is 23.3 Å². The van der Waals surface area contributed by atoms with E-state index in [1.165, 1.54) is 0 Å². The first-order valence-electron chi connectivity index (χ1n) is 8.12. The van der Waals surface area contributed by atoms with Crippen molar-refractivity contribution < 1.29 is 9.53 Å². The van der Waals surface area contributed by atoms with Crippen LogP contribution >= 0.6 is 11.6 Å². The highest BCUT2D eigenvalue weighted by molar-refractivity contribution is 6.30. The van der Waals surface area contributed by atoms with Gasteiger partial charge in [-0.2, -0.15) is 5.10 Å². The first-order valence-corrected chi connectivity index (χ1v) is 8.50. The van der Waals surface area contributed by atoms with Crippen LogP contribution in [0.1, 0.15) is 34.5 Å². The molecule has 1 aliphatic heterocycles. The Morgan fingerprint density at radius 1 is 1.48 bits per heavy atom. The number of methoxy groups -OCH3 is 1. The van der Waals surface area contributed by atoms with E-state index in [0.717, 1.165) is 24.1 Å². The highest BCUT2D eigenvalue weighted by atomic mass is 35.5. The predicted octanol–water partition coefficient (Wildman–Crippen LogP) is 2.14. The number of nitrogens with zero attached hydrogens (tertiary/aromatic N) is 4. The number of aryl methyl sites for hydroxylation is 2. The molecular weight excluding hydrogens is 342 g/mol. The standard InChI is InChI=1S/C17H22ClN5O2/c1-11-7-12(18)8-20-14(11)17(25-3)5-4-6-23(10-17)16(24)13-9-22(2)21-15(13)19/h7-9H,4-6,10H2,1-3H3,(H2,19,21). The van der Waals surface area contributed by atoms with Crippen LogP contribution in [-0.4, -0.2) is 45.8 Å². The topological polar surface area (TPSA) is 86.3 Å². The number of anilines is 1. The van der Waals surface area contributed by atoms with Crippen LogP contribution in [0.15, 0.2) is 18.5 Å². The summed E-state index contributed by atoms with van der Waals surface area (Å²) >= 11 is 6.03. The second kappa shape index (κ2) is 6.65. The number of aromatic nitrogens is 3. The molecule has 7 nitrogen and oxygen atoms in total. The van der Waals surface area contributed by atoms with Gasteiger partial charge in [-0.3, -0.25) is 14.5 Å². The number of amides is 1. The van der Waals surface area contributed by atoms with Crippen molar-refractivity contribution in [2.24, 2.45) is 7.05 Å². The van der Waals surface area contributed by atoms with Crippen molar-refractivity contribution in [2.75, 3.05) is 25.9 Å². The Balaban J connectivity index is 1.92. The number of likely N-dealkylation sites (tertiary alicyclic amines) is 1. The molecule has 1 fully saturated rings. The maximum Gasteiger partial charge on any atom is 0.259 e. The number of piperidine rings is 1. The zero-order valence-electron chi connectivity index (χ0n) is 14.6. The molecule has 1 unspecified atom stereocenters. The van der Waals surface area contributed by atoms with Crippen molar-refractivity contribution in [1.82, 2.24) is 19.7 Å². The molecule has 0 aromatic carbocycles. The number of pyridine rings is 1. The smallest absolute Gasteiger partial charge is 0.259 e. The van der Waals surface area contributed by atoms with Crippen LogP contribution in [0.4, 0.5) is 5.82 Å². The summed E-state index contributed by atoms with van der Waals surface area (Å²) < 4.78 is 7.43. The van der Waals surface area contributed by atoms with Gasteiger partial charge in [0.1, 0.15) is 11.2 Å². The molecule has 25 heavy (non-hydrogen) atoms. The molecule has 8 heteroatoms. The van der Waals surface area contributed by atoms with Gasteiger partial charge in [0.15, 0.2) is 5.82 Å².